The van der Waals surface area contributed by atoms with Gasteiger partial charge < -0.3 is 5.11 Å². The quantitative estimate of drug-likeness (QED) is 0.474. The van der Waals surface area contributed by atoms with Crippen molar-refractivity contribution in [2.75, 3.05) is 0 Å². The van der Waals surface area contributed by atoms with Crippen LogP contribution in [0.3, 0.4) is 0 Å². The number of rotatable bonds is 3. The summed E-state index contributed by atoms with van der Waals surface area (Å²) >= 11 is 2.24. The van der Waals surface area contributed by atoms with Crippen LogP contribution in [0.15, 0.2) is 42.5 Å². The Morgan fingerprint density at radius 2 is 1.50 bits per heavy atom. The average molecular weight is 458 g/mol. The predicted molar refractivity (Wildman–Crippen MR) is 111 cm³/mol. The van der Waals surface area contributed by atoms with Crippen molar-refractivity contribution in [2.45, 2.75) is 43.9 Å². The predicted octanol–water partition coefficient (Wildman–Crippen LogP) is 5.70. The van der Waals surface area contributed by atoms with Gasteiger partial charge in [0.15, 0.2) is 5.78 Å². The van der Waals surface area contributed by atoms with Gasteiger partial charge in [0, 0.05) is 9.13 Å². The number of aromatic hydroxyl groups is 1. The number of carbonyl (C=O) groups excluding carboxylic acids is 1. The largest absolute Gasteiger partial charge is 0.507 e. The lowest BCUT2D eigenvalue weighted by Gasteiger charge is -2.57. The summed E-state index contributed by atoms with van der Waals surface area (Å²) in [5, 5.41) is 10.4. The maximum absolute atomic E-state index is 13.0. The average Bonchev–Trinajstić information content (AvgIpc) is 2.61. The van der Waals surface area contributed by atoms with E-state index in [4.69, 9.17) is 0 Å². The zero-order valence-corrected chi connectivity index (χ0v) is 16.9. The first-order valence-corrected chi connectivity index (χ1v) is 10.7. The van der Waals surface area contributed by atoms with Gasteiger partial charge in [0.2, 0.25) is 0 Å². The van der Waals surface area contributed by atoms with E-state index in [-0.39, 0.29) is 16.9 Å². The third-order valence-corrected chi connectivity index (χ3v) is 7.72. The van der Waals surface area contributed by atoms with Crippen LogP contribution in [0, 0.1) is 21.3 Å². The number of phenols is 1. The van der Waals surface area contributed by atoms with Gasteiger partial charge >= 0.3 is 0 Å². The summed E-state index contributed by atoms with van der Waals surface area (Å²) in [5.41, 5.74) is 2.62. The van der Waals surface area contributed by atoms with Gasteiger partial charge in [-0.15, -0.1) is 0 Å². The Bertz CT molecular complexity index is 833. The van der Waals surface area contributed by atoms with Crippen molar-refractivity contribution < 1.29 is 9.90 Å². The number of halogens is 1. The zero-order chi connectivity index (χ0) is 17.9. The highest BCUT2D eigenvalue weighted by molar-refractivity contribution is 14.1. The molecule has 4 fully saturated rings. The normalized spacial score (nSPS) is 32.0. The summed E-state index contributed by atoms with van der Waals surface area (Å²) in [6, 6.07) is 13.4. The number of hydrogen-bond acceptors (Lipinski definition) is 2. The first kappa shape index (κ1) is 16.8. The SMILES string of the molecule is O=C(c1ccc(I)cc1)c1cc(C23CC4CC(CC(C4)C2)C3)ccc1O. The van der Waals surface area contributed by atoms with Crippen LogP contribution in [-0.4, -0.2) is 10.9 Å². The zero-order valence-electron chi connectivity index (χ0n) is 14.7. The van der Waals surface area contributed by atoms with Crippen LogP contribution in [0.25, 0.3) is 0 Å². The monoisotopic (exact) mass is 458 g/mol. The highest BCUT2D eigenvalue weighted by Gasteiger charge is 2.51. The Hall–Kier alpha value is -1.36. The standard InChI is InChI=1S/C23H23IO2/c24-19-4-1-17(2-5-19)22(26)20-10-18(3-6-21(20)25)23-11-14-7-15(12-23)9-16(8-14)13-23/h1-6,10,14-16,25H,7-9,11-13H2. The smallest absolute Gasteiger partial charge is 0.196 e. The van der Waals surface area contributed by atoms with E-state index in [2.05, 4.69) is 28.7 Å². The number of phenolic OH excluding ortho intramolecular Hbond substituents is 1. The van der Waals surface area contributed by atoms with E-state index in [0.717, 1.165) is 21.3 Å². The molecule has 2 nitrogen and oxygen atoms in total. The van der Waals surface area contributed by atoms with E-state index in [1.54, 1.807) is 6.07 Å². The van der Waals surface area contributed by atoms with Crippen molar-refractivity contribution in [2.24, 2.45) is 17.8 Å². The lowest BCUT2D eigenvalue weighted by atomic mass is 9.48. The molecule has 0 atom stereocenters. The van der Waals surface area contributed by atoms with Crippen LogP contribution >= 0.6 is 22.6 Å². The molecule has 0 unspecified atom stereocenters. The summed E-state index contributed by atoms with van der Waals surface area (Å²) in [5.74, 6) is 2.62. The minimum Gasteiger partial charge on any atom is -0.507 e. The van der Waals surface area contributed by atoms with Gasteiger partial charge in [-0.05, 0) is 126 Å². The van der Waals surface area contributed by atoms with Crippen LogP contribution in [0.2, 0.25) is 0 Å². The number of benzene rings is 2. The molecule has 2 aromatic rings. The molecule has 26 heavy (non-hydrogen) atoms. The van der Waals surface area contributed by atoms with Gasteiger partial charge in [-0.2, -0.15) is 0 Å². The second kappa shape index (κ2) is 6.08. The molecule has 0 aromatic heterocycles. The third kappa shape index (κ3) is 2.70. The van der Waals surface area contributed by atoms with Gasteiger partial charge in [-0.1, -0.05) is 6.07 Å². The fraction of sp³-hybridized carbons (Fsp3) is 0.435. The van der Waals surface area contributed by atoms with E-state index >= 15 is 0 Å². The maximum Gasteiger partial charge on any atom is 0.196 e. The minimum atomic E-state index is -0.0783. The minimum absolute atomic E-state index is 0.0783. The molecule has 4 bridgehead atoms. The Morgan fingerprint density at radius 3 is 2.08 bits per heavy atom. The van der Waals surface area contributed by atoms with E-state index < -0.39 is 0 Å². The summed E-state index contributed by atoms with van der Waals surface area (Å²) < 4.78 is 1.10. The number of ketones is 1. The Kier molecular flexibility index (Phi) is 3.93. The van der Waals surface area contributed by atoms with E-state index in [1.165, 1.54) is 44.1 Å². The lowest BCUT2D eigenvalue weighted by molar-refractivity contribution is -0.00521. The van der Waals surface area contributed by atoms with Crippen molar-refractivity contribution in [3.05, 3.63) is 62.7 Å². The molecule has 3 heteroatoms. The third-order valence-electron chi connectivity index (χ3n) is 7.00. The molecule has 4 aliphatic rings. The number of carbonyl (C=O) groups is 1. The fourth-order valence-corrected chi connectivity index (χ4v) is 6.63. The Labute approximate surface area is 168 Å². The molecule has 1 N–H and O–H groups in total. The highest BCUT2D eigenvalue weighted by atomic mass is 127. The molecule has 4 aliphatic carbocycles. The van der Waals surface area contributed by atoms with Crippen molar-refractivity contribution in [1.82, 2.24) is 0 Å². The second-order valence-corrected chi connectivity index (χ2v) is 10.0. The first-order chi connectivity index (χ1) is 12.5. The molecule has 6 rings (SSSR count). The van der Waals surface area contributed by atoms with Crippen LogP contribution in [0.4, 0.5) is 0 Å². The molecule has 0 amide bonds. The molecule has 134 valence electrons. The van der Waals surface area contributed by atoms with Crippen LogP contribution in [-0.2, 0) is 5.41 Å². The molecule has 0 heterocycles. The molecule has 2 aromatic carbocycles. The van der Waals surface area contributed by atoms with Gasteiger partial charge in [0.05, 0.1) is 5.56 Å². The molecule has 0 spiro atoms. The van der Waals surface area contributed by atoms with Crippen molar-refractivity contribution in [3.8, 4) is 5.75 Å². The van der Waals surface area contributed by atoms with Gasteiger partial charge in [-0.3, -0.25) is 4.79 Å². The highest BCUT2D eigenvalue weighted by Crippen LogP contribution is 2.60. The second-order valence-electron chi connectivity index (χ2n) is 8.77. The number of hydrogen-bond donors (Lipinski definition) is 1. The van der Waals surface area contributed by atoms with Crippen LogP contribution in [0.5, 0.6) is 5.75 Å². The van der Waals surface area contributed by atoms with Crippen LogP contribution < -0.4 is 0 Å². The summed E-state index contributed by atoms with van der Waals surface area (Å²) in [7, 11) is 0. The lowest BCUT2D eigenvalue weighted by Crippen LogP contribution is -2.48. The van der Waals surface area contributed by atoms with Crippen molar-refractivity contribution in [3.63, 3.8) is 0 Å². The fourth-order valence-electron chi connectivity index (χ4n) is 6.27. The van der Waals surface area contributed by atoms with E-state index in [1.807, 2.05) is 30.3 Å². The van der Waals surface area contributed by atoms with Gasteiger partial charge in [-0.25, -0.2) is 0 Å². The van der Waals surface area contributed by atoms with Crippen LogP contribution in [0.1, 0.15) is 60.0 Å². The first-order valence-electron chi connectivity index (χ1n) is 9.66. The van der Waals surface area contributed by atoms with Gasteiger partial charge in [0.1, 0.15) is 5.75 Å². The topological polar surface area (TPSA) is 37.3 Å². The molecular formula is C23H23IO2. The molecular weight excluding hydrogens is 435 g/mol. The van der Waals surface area contributed by atoms with Crippen molar-refractivity contribution in [1.29, 1.82) is 0 Å². The summed E-state index contributed by atoms with van der Waals surface area (Å²) in [6.07, 6.45) is 8.02. The van der Waals surface area contributed by atoms with E-state index in [9.17, 15) is 9.90 Å². The Balaban J connectivity index is 1.53. The molecule has 0 aliphatic heterocycles. The van der Waals surface area contributed by atoms with Crippen molar-refractivity contribution >= 4 is 28.4 Å². The Morgan fingerprint density at radius 1 is 0.923 bits per heavy atom. The molecule has 4 saturated carbocycles. The maximum atomic E-state index is 13.0. The van der Waals surface area contributed by atoms with Gasteiger partial charge in [0.25, 0.3) is 0 Å². The van der Waals surface area contributed by atoms with E-state index in [0.29, 0.717) is 11.1 Å². The molecule has 0 saturated heterocycles. The summed E-state index contributed by atoms with van der Waals surface area (Å²) in [6.45, 7) is 0. The molecule has 0 radical (unpaired) electrons. The summed E-state index contributed by atoms with van der Waals surface area (Å²) in [4.78, 5) is 13.0.